The Bertz CT molecular complexity index is 673. The number of carbonyl (C=O) groups excluding carboxylic acids is 2. The topological polar surface area (TPSA) is 83.6 Å². The molecule has 7 heteroatoms. The predicted molar refractivity (Wildman–Crippen MR) is 104 cm³/mol. The number of amides is 1. The molecule has 0 bridgehead atoms. The van der Waals surface area contributed by atoms with Crippen molar-refractivity contribution in [2.24, 2.45) is 0 Å². The fourth-order valence-corrected chi connectivity index (χ4v) is 3.57. The van der Waals surface area contributed by atoms with Crippen LogP contribution >= 0.6 is 0 Å². The molecule has 27 heavy (non-hydrogen) atoms. The largest absolute Gasteiger partial charge is 0.465 e. The summed E-state index contributed by atoms with van der Waals surface area (Å²) in [7, 11) is 0. The van der Waals surface area contributed by atoms with Crippen LogP contribution in [-0.4, -0.2) is 60.1 Å². The lowest BCUT2D eigenvalue weighted by Crippen LogP contribution is -2.63. The van der Waals surface area contributed by atoms with E-state index in [9.17, 15) is 9.59 Å². The first-order chi connectivity index (χ1) is 13.1. The first-order valence-electron chi connectivity index (χ1n) is 9.99. The van der Waals surface area contributed by atoms with Crippen molar-refractivity contribution >= 4 is 17.7 Å². The zero-order valence-corrected chi connectivity index (χ0v) is 16.3. The molecule has 1 saturated heterocycles. The molecule has 0 aromatic carbocycles. The van der Waals surface area contributed by atoms with Crippen molar-refractivity contribution in [3.05, 3.63) is 23.4 Å². The van der Waals surface area contributed by atoms with Gasteiger partial charge in [0.25, 0.3) is 0 Å². The molecule has 0 aliphatic carbocycles. The third-order valence-electron chi connectivity index (χ3n) is 5.24. The average Bonchev–Trinajstić information content (AvgIpc) is 2.64. The first-order valence-corrected chi connectivity index (χ1v) is 9.99. The summed E-state index contributed by atoms with van der Waals surface area (Å²) in [5, 5.41) is 6.39. The monoisotopic (exact) mass is 374 g/mol. The molecule has 0 spiro atoms. The van der Waals surface area contributed by atoms with Crippen molar-refractivity contribution in [1.82, 2.24) is 15.2 Å². The molecule has 1 aromatic heterocycles. The number of anilines is 1. The Morgan fingerprint density at radius 2 is 2.22 bits per heavy atom. The number of nitrogens with one attached hydrogen (secondary N) is 2. The van der Waals surface area contributed by atoms with Gasteiger partial charge < -0.3 is 15.4 Å². The van der Waals surface area contributed by atoms with E-state index in [1.54, 1.807) is 6.92 Å². The predicted octanol–water partition coefficient (Wildman–Crippen LogP) is 1.51. The van der Waals surface area contributed by atoms with Gasteiger partial charge in [-0.3, -0.25) is 14.5 Å². The van der Waals surface area contributed by atoms with Gasteiger partial charge in [0.2, 0.25) is 5.91 Å². The van der Waals surface area contributed by atoms with Crippen molar-refractivity contribution in [3.63, 3.8) is 0 Å². The summed E-state index contributed by atoms with van der Waals surface area (Å²) in [6.45, 7) is 6.43. The van der Waals surface area contributed by atoms with E-state index in [4.69, 9.17) is 4.74 Å². The lowest BCUT2D eigenvalue weighted by Gasteiger charge is -2.42. The van der Waals surface area contributed by atoms with Gasteiger partial charge in [0.15, 0.2) is 0 Å². The molecule has 148 valence electrons. The van der Waals surface area contributed by atoms with Crippen molar-refractivity contribution < 1.29 is 14.3 Å². The maximum absolute atomic E-state index is 12.1. The highest BCUT2D eigenvalue weighted by Gasteiger charge is 2.34. The summed E-state index contributed by atoms with van der Waals surface area (Å²) >= 11 is 0. The van der Waals surface area contributed by atoms with Crippen molar-refractivity contribution in [1.29, 1.82) is 0 Å². The standard InChI is InChI=1S/C20H30N4O3/c1-3-27-20(26)14(2)24-12-17(13-24)22-18(25)8-4-7-16-10-9-15-6-5-11-21-19(15)23-16/h9-10,14,17H,3-8,11-13H2,1-2H3,(H,21,23)(H,22,25). The molecule has 2 aliphatic rings. The fraction of sp³-hybridized carbons (Fsp3) is 0.650. The molecule has 0 saturated carbocycles. The Morgan fingerprint density at radius 3 is 3.00 bits per heavy atom. The van der Waals surface area contributed by atoms with Gasteiger partial charge in [-0.25, -0.2) is 4.98 Å². The minimum atomic E-state index is -0.248. The average molecular weight is 374 g/mol. The van der Waals surface area contributed by atoms with Crippen LogP contribution in [0.25, 0.3) is 0 Å². The number of nitrogens with zero attached hydrogens (tertiary/aromatic N) is 2. The Labute approximate surface area is 160 Å². The highest BCUT2D eigenvalue weighted by atomic mass is 16.5. The number of hydrogen-bond donors (Lipinski definition) is 2. The molecule has 1 unspecified atom stereocenters. The van der Waals surface area contributed by atoms with Crippen LogP contribution in [0.5, 0.6) is 0 Å². The summed E-state index contributed by atoms with van der Waals surface area (Å²) in [5.74, 6) is 0.877. The molecule has 1 fully saturated rings. The second-order valence-electron chi connectivity index (χ2n) is 7.34. The van der Waals surface area contributed by atoms with Gasteiger partial charge in [0.05, 0.1) is 12.6 Å². The lowest BCUT2D eigenvalue weighted by molar-refractivity contribution is -0.151. The number of ether oxygens (including phenoxy) is 1. The molecule has 0 radical (unpaired) electrons. The number of likely N-dealkylation sites (tertiary alicyclic amines) is 1. The third-order valence-corrected chi connectivity index (χ3v) is 5.24. The molecule has 7 nitrogen and oxygen atoms in total. The molecule has 1 atom stereocenters. The van der Waals surface area contributed by atoms with Gasteiger partial charge >= 0.3 is 5.97 Å². The molecule has 3 rings (SSSR count). The number of esters is 1. The lowest BCUT2D eigenvalue weighted by atomic mass is 10.0. The molecular formula is C20H30N4O3. The van der Waals surface area contributed by atoms with E-state index in [1.165, 1.54) is 5.56 Å². The van der Waals surface area contributed by atoms with Crippen LogP contribution in [0.4, 0.5) is 5.82 Å². The van der Waals surface area contributed by atoms with Crippen LogP contribution in [0, 0.1) is 0 Å². The Hall–Kier alpha value is -2.15. The van der Waals surface area contributed by atoms with Crippen LogP contribution in [0.15, 0.2) is 12.1 Å². The van der Waals surface area contributed by atoms with Gasteiger partial charge in [-0.1, -0.05) is 6.07 Å². The van der Waals surface area contributed by atoms with E-state index in [1.807, 2.05) is 11.8 Å². The zero-order chi connectivity index (χ0) is 19.2. The number of hydrogen-bond acceptors (Lipinski definition) is 6. The Morgan fingerprint density at radius 1 is 1.41 bits per heavy atom. The number of pyridine rings is 1. The smallest absolute Gasteiger partial charge is 0.323 e. The second-order valence-corrected chi connectivity index (χ2v) is 7.34. The second kappa shape index (κ2) is 9.17. The van der Waals surface area contributed by atoms with Crippen LogP contribution in [0.3, 0.4) is 0 Å². The number of aryl methyl sites for hydroxylation is 2. The molecule has 1 amide bonds. The number of aromatic nitrogens is 1. The van der Waals surface area contributed by atoms with Crippen LogP contribution in [0.1, 0.15) is 44.4 Å². The highest BCUT2D eigenvalue weighted by Crippen LogP contribution is 2.20. The number of rotatable bonds is 8. The highest BCUT2D eigenvalue weighted by molar-refractivity contribution is 5.77. The first kappa shape index (κ1) is 19.6. The number of fused-ring (bicyclic) bond motifs is 1. The van der Waals surface area contributed by atoms with Gasteiger partial charge in [0, 0.05) is 31.7 Å². The molecule has 1 aromatic rings. The summed E-state index contributed by atoms with van der Waals surface area (Å²) in [5.41, 5.74) is 2.32. The van der Waals surface area contributed by atoms with Crippen LogP contribution in [0.2, 0.25) is 0 Å². The summed E-state index contributed by atoms with van der Waals surface area (Å²) in [4.78, 5) is 30.5. The normalized spacial score (nSPS) is 18.0. The van der Waals surface area contributed by atoms with Gasteiger partial charge in [-0.2, -0.15) is 0 Å². The minimum absolute atomic E-state index is 0.0690. The van der Waals surface area contributed by atoms with Gasteiger partial charge in [-0.15, -0.1) is 0 Å². The molecule has 2 aliphatic heterocycles. The number of carbonyl (C=O) groups is 2. The zero-order valence-electron chi connectivity index (χ0n) is 16.3. The van der Waals surface area contributed by atoms with E-state index >= 15 is 0 Å². The Kier molecular flexibility index (Phi) is 6.66. The van der Waals surface area contributed by atoms with Crippen molar-refractivity contribution in [2.75, 3.05) is 31.6 Å². The SMILES string of the molecule is CCOC(=O)C(C)N1CC(NC(=O)CCCc2ccc3c(n2)NCCC3)C1. The van der Waals surface area contributed by atoms with E-state index < -0.39 is 0 Å². The third kappa shape index (κ3) is 5.19. The van der Waals surface area contributed by atoms with Crippen LogP contribution in [-0.2, 0) is 27.2 Å². The Balaban J connectivity index is 1.33. The van der Waals surface area contributed by atoms with Crippen molar-refractivity contribution in [3.8, 4) is 0 Å². The maximum Gasteiger partial charge on any atom is 0.323 e. The molecular weight excluding hydrogens is 344 g/mol. The van der Waals surface area contributed by atoms with E-state index in [0.717, 1.165) is 43.7 Å². The van der Waals surface area contributed by atoms with Crippen LogP contribution < -0.4 is 10.6 Å². The van der Waals surface area contributed by atoms with Gasteiger partial charge in [-0.05, 0) is 51.2 Å². The molecule has 3 heterocycles. The minimum Gasteiger partial charge on any atom is -0.465 e. The summed E-state index contributed by atoms with van der Waals surface area (Å²) in [6, 6.07) is 4.10. The van der Waals surface area contributed by atoms with E-state index in [2.05, 4.69) is 27.8 Å². The fourth-order valence-electron chi connectivity index (χ4n) is 3.57. The molecule has 2 N–H and O–H groups in total. The summed E-state index contributed by atoms with van der Waals surface area (Å²) in [6.07, 6.45) is 4.33. The van der Waals surface area contributed by atoms with Gasteiger partial charge in [0.1, 0.15) is 11.9 Å². The quantitative estimate of drug-likeness (QED) is 0.671. The maximum atomic E-state index is 12.1. The van der Waals surface area contributed by atoms with E-state index in [0.29, 0.717) is 26.1 Å². The van der Waals surface area contributed by atoms with Crippen molar-refractivity contribution in [2.45, 2.75) is 58.0 Å². The van der Waals surface area contributed by atoms with E-state index in [-0.39, 0.29) is 24.0 Å². The summed E-state index contributed by atoms with van der Waals surface area (Å²) < 4.78 is 5.03.